The molecule has 0 spiro atoms. The summed E-state index contributed by atoms with van der Waals surface area (Å²) >= 11 is 4.46. The minimum absolute atomic E-state index is 0.556. The van der Waals surface area contributed by atoms with Gasteiger partial charge in [0.1, 0.15) is 0 Å². The van der Waals surface area contributed by atoms with Crippen LogP contribution < -0.4 is 0 Å². The molecule has 150 valence electrons. The fourth-order valence-corrected chi connectivity index (χ4v) is 12.9. The maximum absolute atomic E-state index is 4.74. The van der Waals surface area contributed by atoms with Crippen LogP contribution in [-0.2, 0) is 0 Å². The summed E-state index contributed by atoms with van der Waals surface area (Å²) in [5, 5.41) is 0. The van der Waals surface area contributed by atoms with Gasteiger partial charge in [-0.1, -0.05) is 0 Å². The van der Waals surface area contributed by atoms with Crippen LogP contribution >= 0.6 is 23.5 Å². The van der Waals surface area contributed by atoms with E-state index in [1.807, 2.05) is 0 Å². The van der Waals surface area contributed by atoms with Crippen LogP contribution in [0.4, 0.5) is 0 Å². The molecule has 0 aromatic carbocycles. The molecule has 1 aromatic rings. The van der Waals surface area contributed by atoms with Crippen molar-refractivity contribution in [1.29, 1.82) is 0 Å². The molecule has 0 saturated heterocycles. The summed E-state index contributed by atoms with van der Waals surface area (Å²) in [5.41, 5.74) is 0. The highest BCUT2D eigenvalue weighted by molar-refractivity contribution is 8.01. The van der Waals surface area contributed by atoms with Crippen molar-refractivity contribution in [2.45, 2.75) is 96.3 Å². The second-order valence-corrected chi connectivity index (χ2v) is 14.8. The van der Waals surface area contributed by atoms with Gasteiger partial charge in [-0.3, -0.25) is 4.98 Å². The van der Waals surface area contributed by atoms with Gasteiger partial charge in [0.25, 0.3) is 0 Å². The summed E-state index contributed by atoms with van der Waals surface area (Å²) in [6, 6.07) is 2.53. The first-order valence-electron chi connectivity index (χ1n) is 12.0. The van der Waals surface area contributed by atoms with Crippen molar-refractivity contribution in [2.75, 3.05) is 0 Å². The number of aromatic nitrogens is 1. The van der Waals surface area contributed by atoms with Gasteiger partial charge in [0.2, 0.25) is 0 Å². The third-order valence-electron chi connectivity index (χ3n) is 9.32. The Bertz CT molecular complexity index is 655. The second-order valence-electron chi connectivity index (χ2n) is 11.8. The summed E-state index contributed by atoms with van der Waals surface area (Å²) in [6.45, 7) is 0. The molecule has 8 aliphatic rings. The van der Waals surface area contributed by atoms with Gasteiger partial charge in [-0.2, -0.15) is 0 Å². The SMILES string of the molecule is c1ncc(SC23CC4CC(CC(C4)C2)C3)cc1SC12CC3CC(CC(C3)C1)C2. The van der Waals surface area contributed by atoms with E-state index in [1.165, 1.54) is 48.3 Å². The molecule has 9 rings (SSSR count). The predicted molar refractivity (Wildman–Crippen MR) is 118 cm³/mol. The van der Waals surface area contributed by atoms with Crippen molar-refractivity contribution in [3.05, 3.63) is 18.5 Å². The van der Waals surface area contributed by atoms with E-state index in [4.69, 9.17) is 4.98 Å². The van der Waals surface area contributed by atoms with E-state index in [-0.39, 0.29) is 0 Å². The van der Waals surface area contributed by atoms with Crippen molar-refractivity contribution in [1.82, 2.24) is 4.98 Å². The molecule has 28 heavy (non-hydrogen) atoms. The Morgan fingerprint density at radius 3 is 1.21 bits per heavy atom. The van der Waals surface area contributed by atoms with E-state index < -0.39 is 0 Å². The molecule has 0 amide bonds. The van der Waals surface area contributed by atoms with E-state index in [9.17, 15) is 0 Å². The van der Waals surface area contributed by atoms with E-state index in [1.54, 1.807) is 38.5 Å². The lowest BCUT2D eigenvalue weighted by Gasteiger charge is -2.56. The molecule has 0 N–H and O–H groups in total. The molecular weight excluding hydrogens is 378 g/mol. The van der Waals surface area contributed by atoms with Crippen molar-refractivity contribution < 1.29 is 0 Å². The molecule has 0 atom stereocenters. The Balaban J connectivity index is 1.12. The zero-order chi connectivity index (χ0) is 18.3. The number of rotatable bonds is 4. The highest BCUT2D eigenvalue weighted by Gasteiger charge is 2.52. The molecule has 0 unspecified atom stereocenters. The summed E-state index contributed by atoms with van der Waals surface area (Å²) in [7, 11) is 0. The molecule has 8 saturated carbocycles. The monoisotopic (exact) mass is 411 g/mol. The Kier molecular flexibility index (Phi) is 3.87. The molecule has 8 aliphatic carbocycles. The highest BCUT2D eigenvalue weighted by atomic mass is 32.2. The molecule has 8 bridgehead atoms. The van der Waals surface area contributed by atoms with Gasteiger partial charge in [-0.25, -0.2) is 0 Å². The van der Waals surface area contributed by atoms with Gasteiger partial charge in [0.15, 0.2) is 0 Å². The molecule has 0 aliphatic heterocycles. The topological polar surface area (TPSA) is 12.9 Å². The molecule has 3 heteroatoms. The van der Waals surface area contributed by atoms with Gasteiger partial charge in [0.05, 0.1) is 0 Å². The Morgan fingerprint density at radius 1 is 0.571 bits per heavy atom. The van der Waals surface area contributed by atoms with Crippen LogP contribution in [-0.4, -0.2) is 14.5 Å². The van der Waals surface area contributed by atoms with Gasteiger partial charge in [-0.15, -0.1) is 23.5 Å². The maximum Gasteiger partial charge on any atom is 0.0404 e. The maximum atomic E-state index is 4.74. The van der Waals surface area contributed by atoms with Crippen molar-refractivity contribution in [2.24, 2.45) is 35.5 Å². The third kappa shape index (κ3) is 2.93. The minimum Gasteiger partial charge on any atom is -0.262 e. The lowest BCUT2D eigenvalue weighted by Crippen LogP contribution is -2.48. The Hall–Kier alpha value is -0.150. The van der Waals surface area contributed by atoms with Gasteiger partial charge < -0.3 is 0 Å². The van der Waals surface area contributed by atoms with Crippen LogP contribution in [0.15, 0.2) is 28.3 Å². The molecule has 1 aromatic heterocycles. The number of hydrogen-bond donors (Lipinski definition) is 0. The number of pyridine rings is 1. The minimum atomic E-state index is 0.556. The first kappa shape index (κ1) is 17.5. The van der Waals surface area contributed by atoms with Crippen LogP contribution in [0.5, 0.6) is 0 Å². The molecule has 1 heterocycles. The molecule has 1 nitrogen and oxygen atoms in total. The smallest absolute Gasteiger partial charge is 0.0404 e. The molecule has 0 radical (unpaired) electrons. The quantitative estimate of drug-likeness (QED) is 0.520. The normalized spacial score (nSPS) is 50.4. The highest BCUT2D eigenvalue weighted by Crippen LogP contribution is 2.63. The standard InChI is InChI=1S/C25H33NS2/c1-16-2-18-3-17(1)9-24(8-16,10-18)27-22-7-23(15-26-14-22)28-25-11-19-4-20(12-25)6-21(5-19)13-25/h7,14-21H,1-6,8-13H2. The average molecular weight is 412 g/mol. The summed E-state index contributed by atoms with van der Waals surface area (Å²) in [5.74, 6) is 6.23. The van der Waals surface area contributed by atoms with Crippen LogP contribution in [0, 0.1) is 35.5 Å². The van der Waals surface area contributed by atoms with Crippen LogP contribution in [0.25, 0.3) is 0 Å². The number of thioether (sulfide) groups is 2. The fourth-order valence-electron chi connectivity index (χ4n) is 9.32. The van der Waals surface area contributed by atoms with Gasteiger partial charge >= 0.3 is 0 Å². The summed E-state index contributed by atoms with van der Waals surface area (Å²) in [4.78, 5) is 7.68. The zero-order valence-corrected chi connectivity index (χ0v) is 18.6. The number of nitrogens with zero attached hydrogens (tertiary/aromatic N) is 1. The van der Waals surface area contributed by atoms with E-state index in [0.717, 1.165) is 35.5 Å². The lowest BCUT2D eigenvalue weighted by atomic mass is 9.56. The Morgan fingerprint density at radius 2 is 0.893 bits per heavy atom. The third-order valence-corrected chi connectivity index (χ3v) is 12.1. The van der Waals surface area contributed by atoms with E-state index in [0.29, 0.717) is 9.49 Å². The first-order valence-corrected chi connectivity index (χ1v) is 13.6. The fraction of sp³-hybridized carbons (Fsp3) is 0.800. The van der Waals surface area contributed by atoms with Gasteiger partial charge in [-0.05, 0) is 119 Å². The predicted octanol–water partition coefficient (Wildman–Crippen LogP) is 7.20. The van der Waals surface area contributed by atoms with E-state index in [2.05, 4.69) is 42.0 Å². The second kappa shape index (κ2) is 6.19. The van der Waals surface area contributed by atoms with Crippen LogP contribution in [0.1, 0.15) is 77.0 Å². The number of hydrogen-bond acceptors (Lipinski definition) is 3. The summed E-state index contributed by atoms with van der Waals surface area (Å²) in [6.07, 6.45) is 22.5. The largest absolute Gasteiger partial charge is 0.262 e. The molecule has 8 fully saturated rings. The van der Waals surface area contributed by atoms with Crippen LogP contribution in [0.2, 0.25) is 0 Å². The lowest BCUT2D eigenvalue weighted by molar-refractivity contribution is 0.0383. The van der Waals surface area contributed by atoms with Crippen LogP contribution in [0.3, 0.4) is 0 Å². The first-order chi connectivity index (χ1) is 13.6. The Labute approximate surface area is 178 Å². The van der Waals surface area contributed by atoms with Gasteiger partial charge in [0, 0.05) is 31.7 Å². The van der Waals surface area contributed by atoms with Crippen molar-refractivity contribution in [3.63, 3.8) is 0 Å². The van der Waals surface area contributed by atoms with E-state index >= 15 is 0 Å². The zero-order valence-electron chi connectivity index (χ0n) is 16.9. The summed E-state index contributed by atoms with van der Waals surface area (Å²) < 4.78 is 1.11. The van der Waals surface area contributed by atoms with Crippen molar-refractivity contribution in [3.8, 4) is 0 Å². The molecular formula is C25H33NS2. The average Bonchev–Trinajstić information content (AvgIpc) is 2.58. The van der Waals surface area contributed by atoms with Crippen molar-refractivity contribution >= 4 is 23.5 Å².